The van der Waals surface area contributed by atoms with Gasteiger partial charge in [-0.2, -0.15) is 0 Å². The average Bonchev–Trinajstić information content (AvgIpc) is 3.17. The van der Waals surface area contributed by atoms with Crippen LogP contribution in [0.25, 0.3) is 17.0 Å². The molecule has 3 aromatic rings. The molecule has 0 aliphatic heterocycles. The highest BCUT2D eigenvalue weighted by Crippen LogP contribution is 2.34. The van der Waals surface area contributed by atoms with E-state index < -0.39 is 0 Å². The van der Waals surface area contributed by atoms with Crippen LogP contribution in [0.1, 0.15) is 61.4 Å². The largest absolute Gasteiger partial charge is 0.393 e. The van der Waals surface area contributed by atoms with Crippen LogP contribution in [0.3, 0.4) is 0 Å². The van der Waals surface area contributed by atoms with Gasteiger partial charge in [0.15, 0.2) is 0 Å². The van der Waals surface area contributed by atoms with Crippen molar-refractivity contribution in [2.75, 3.05) is 5.32 Å². The Bertz CT molecular complexity index is 1120. The number of aliphatic hydroxyl groups excluding tert-OH is 1. The van der Waals surface area contributed by atoms with E-state index >= 15 is 0 Å². The summed E-state index contributed by atoms with van der Waals surface area (Å²) in [6.07, 6.45) is 13.1. The first-order chi connectivity index (χ1) is 15.2. The monoisotopic (exact) mass is 412 g/mol. The molecular formula is C28H32N2O. The summed E-state index contributed by atoms with van der Waals surface area (Å²) in [7, 11) is 0. The van der Waals surface area contributed by atoms with Crippen LogP contribution in [-0.2, 0) is 12.8 Å². The fraction of sp³-hybridized carbons (Fsp3) is 0.357. The van der Waals surface area contributed by atoms with Crippen molar-refractivity contribution >= 4 is 22.7 Å². The summed E-state index contributed by atoms with van der Waals surface area (Å²) in [5.41, 5.74) is 7.09. The average molecular weight is 413 g/mol. The molecule has 1 aromatic heterocycles. The summed E-state index contributed by atoms with van der Waals surface area (Å²) >= 11 is 0. The third-order valence-electron chi connectivity index (χ3n) is 6.93. The van der Waals surface area contributed by atoms with Crippen molar-refractivity contribution < 1.29 is 5.11 Å². The number of hydrogen-bond donors (Lipinski definition) is 2. The standard InChI is InChI=1S/C28H32N2O/c1-20(29-27-12-7-9-21-15-17-25(31)19-26(21)27)14-16-24-18-22-8-5-6-13-28(22)30(24)23-10-3-2-4-11-23/h5-9,12-14,16,18,23,25,29,31H,1-4,10-11,15,17,19H2/b16-14+. The van der Waals surface area contributed by atoms with Crippen molar-refractivity contribution in [3.8, 4) is 0 Å². The quantitative estimate of drug-likeness (QED) is 0.461. The van der Waals surface area contributed by atoms with E-state index in [1.165, 1.54) is 59.8 Å². The van der Waals surface area contributed by atoms with Gasteiger partial charge in [0.1, 0.15) is 0 Å². The highest BCUT2D eigenvalue weighted by atomic mass is 16.3. The van der Waals surface area contributed by atoms with Crippen LogP contribution in [0, 0.1) is 0 Å². The molecule has 3 nitrogen and oxygen atoms in total. The summed E-state index contributed by atoms with van der Waals surface area (Å²) in [4.78, 5) is 0. The summed E-state index contributed by atoms with van der Waals surface area (Å²) in [6, 6.07) is 18.0. The van der Waals surface area contributed by atoms with Gasteiger partial charge in [0.05, 0.1) is 6.10 Å². The van der Waals surface area contributed by atoms with E-state index in [1.807, 2.05) is 0 Å². The van der Waals surface area contributed by atoms with Gasteiger partial charge in [-0.15, -0.1) is 0 Å². The van der Waals surface area contributed by atoms with E-state index in [1.54, 1.807) is 0 Å². The molecule has 0 amide bonds. The molecule has 1 atom stereocenters. The third kappa shape index (κ3) is 4.20. The summed E-state index contributed by atoms with van der Waals surface area (Å²) in [5.74, 6) is 0. The van der Waals surface area contributed by atoms with Crippen LogP contribution in [-0.4, -0.2) is 15.8 Å². The Hall–Kier alpha value is -2.78. The zero-order chi connectivity index (χ0) is 21.2. The van der Waals surface area contributed by atoms with Gasteiger partial charge >= 0.3 is 0 Å². The lowest BCUT2D eigenvalue weighted by Crippen LogP contribution is -2.20. The van der Waals surface area contributed by atoms with Gasteiger partial charge in [-0.25, -0.2) is 0 Å². The van der Waals surface area contributed by atoms with Crippen molar-refractivity contribution in [2.24, 2.45) is 0 Å². The maximum absolute atomic E-state index is 10.1. The third-order valence-corrected chi connectivity index (χ3v) is 6.93. The van der Waals surface area contributed by atoms with Crippen molar-refractivity contribution in [2.45, 2.75) is 63.5 Å². The Morgan fingerprint density at radius 1 is 1.03 bits per heavy atom. The first-order valence-electron chi connectivity index (χ1n) is 11.7. The van der Waals surface area contributed by atoms with Crippen LogP contribution >= 0.6 is 0 Å². The molecule has 1 heterocycles. The van der Waals surface area contributed by atoms with Crippen LogP contribution in [0.5, 0.6) is 0 Å². The lowest BCUT2D eigenvalue weighted by molar-refractivity contribution is 0.159. The number of aromatic nitrogens is 1. The Morgan fingerprint density at radius 2 is 1.87 bits per heavy atom. The van der Waals surface area contributed by atoms with E-state index in [9.17, 15) is 5.11 Å². The Balaban J connectivity index is 1.40. The fourth-order valence-corrected chi connectivity index (χ4v) is 5.36. The zero-order valence-electron chi connectivity index (χ0n) is 18.2. The number of rotatable bonds is 5. The molecule has 1 unspecified atom stereocenters. The molecular weight excluding hydrogens is 380 g/mol. The molecule has 0 spiro atoms. The lowest BCUT2D eigenvalue weighted by atomic mass is 9.88. The summed E-state index contributed by atoms with van der Waals surface area (Å²) in [6.45, 7) is 4.26. The second kappa shape index (κ2) is 8.76. The summed E-state index contributed by atoms with van der Waals surface area (Å²) < 4.78 is 2.54. The number of nitrogens with zero attached hydrogens (tertiary/aromatic N) is 1. The van der Waals surface area contributed by atoms with Crippen LogP contribution < -0.4 is 5.32 Å². The number of nitrogens with one attached hydrogen (secondary N) is 1. The van der Waals surface area contributed by atoms with Crippen molar-refractivity contribution in [1.82, 2.24) is 4.57 Å². The van der Waals surface area contributed by atoms with Crippen LogP contribution in [0.2, 0.25) is 0 Å². The van der Waals surface area contributed by atoms with Crippen LogP contribution in [0.15, 0.2) is 66.9 Å². The molecule has 31 heavy (non-hydrogen) atoms. The van der Waals surface area contributed by atoms with Gasteiger partial charge in [0.2, 0.25) is 0 Å². The number of fused-ring (bicyclic) bond motifs is 2. The number of aliphatic hydroxyl groups is 1. The highest BCUT2D eigenvalue weighted by Gasteiger charge is 2.20. The van der Waals surface area contributed by atoms with Gasteiger partial charge in [0, 0.05) is 40.4 Å². The summed E-state index contributed by atoms with van der Waals surface area (Å²) in [5, 5.41) is 14.9. The fourth-order valence-electron chi connectivity index (χ4n) is 5.36. The van der Waals surface area contributed by atoms with Crippen molar-refractivity contribution in [1.29, 1.82) is 0 Å². The number of hydrogen-bond acceptors (Lipinski definition) is 2. The smallest absolute Gasteiger partial charge is 0.0584 e. The molecule has 0 saturated heterocycles. The maximum atomic E-state index is 10.1. The molecule has 2 aromatic carbocycles. The molecule has 0 bridgehead atoms. The zero-order valence-corrected chi connectivity index (χ0v) is 18.2. The predicted octanol–water partition coefficient (Wildman–Crippen LogP) is 6.64. The van der Waals surface area contributed by atoms with E-state index in [-0.39, 0.29) is 6.10 Å². The van der Waals surface area contributed by atoms with Gasteiger partial charge in [-0.3, -0.25) is 0 Å². The van der Waals surface area contributed by atoms with Crippen molar-refractivity contribution in [3.63, 3.8) is 0 Å². The Kier molecular flexibility index (Phi) is 5.69. The maximum Gasteiger partial charge on any atom is 0.0584 e. The topological polar surface area (TPSA) is 37.2 Å². The molecule has 2 aliphatic rings. The van der Waals surface area contributed by atoms with Crippen molar-refractivity contribution in [3.05, 3.63) is 83.7 Å². The number of benzene rings is 2. The minimum Gasteiger partial charge on any atom is -0.393 e. The second-order valence-corrected chi connectivity index (χ2v) is 9.11. The number of aryl methyl sites for hydroxylation is 1. The van der Waals surface area contributed by atoms with Crippen LogP contribution in [0.4, 0.5) is 5.69 Å². The molecule has 0 radical (unpaired) electrons. The minimum atomic E-state index is -0.245. The Morgan fingerprint density at radius 3 is 2.74 bits per heavy atom. The van der Waals surface area contributed by atoms with Gasteiger partial charge in [-0.05, 0) is 67.2 Å². The highest BCUT2D eigenvalue weighted by molar-refractivity contribution is 5.84. The van der Waals surface area contributed by atoms with Gasteiger partial charge < -0.3 is 15.0 Å². The molecule has 2 N–H and O–H groups in total. The van der Waals surface area contributed by atoms with E-state index in [4.69, 9.17) is 0 Å². The first-order valence-corrected chi connectivity index (χ1v) is 11.7. The van der Waals surface area contributed by atoms with E-state index in [0.29, 0.717) is 12.5 Å². The Labute approximate surface area is 185 Å². The van der Waals surface area contributed by atoms with Gasteiger partial charge in [0.25, 0.3) is 0 Å². The molecule has 1 fully saturated rings. The minimum absolute atomic E-state index is 0.245. The second-order valence-electron chi connectivity index (χ2n) is 9.11. The van der Waals surface area contributed by atoms with Gasteiger partial charge in [-0.1, -0.05) is 56.2 Å². The number of para-hydroxylation sites is 1. The van der Waals surface area contributed by atoms with E-state index in [2.05, 4.69) is 77.1 Å². The van der Waals surface area contributed by atoms with E-state index in [0.717, 1.165) is 24.2 Å². The lowest BCUT2D eigenvalue weighted by Gasteiger charge is -2.26. The molecule has 160 valence electrons. The molecule has 5 rings (SSSR count). The molecule has 1 saturated carbocycles. The number of anilines is 1. The SMILES string of the molecule is C=C(/C=C/c1cc2ccccc2n1C1CCCCC1)Nc1cccc2c1CC(O)CC2. The molecule has 2 aliphatic carbocycles. The predicted molar refractivity (Wildman–Crippen MR) is 130 cm³/mol. The molecule has 3 heteroatoms. The number of allylic oxidation sites excluding steroid dienone is 1. The normalized spacial score (nSPS) is 19.6. The first kappa shape index (κ1) is 20.1.